The van der Waals surface area contributed by atoms with E-state index in [0.29, 0.717) is 13.0 Å². The van der Waals surface area contributed by atoms with Gasteiger partial charge in [-0.25, -0.2) is 0 Å². The van der Waals surface area contributed by atoms with Gasteiger partial charge in [-0.15, -0.1) is 0 Å². The average Bonchev–Trinajstić information content (AvgIpc) is 3.50. The maximum atomic E-state index is 13.7. The van der Waals surface area contributed by atoms with Crippen LogP contribution in [0.2, 0.25) is 0 Å². The molecule has 85 heavy (non-hydrogen) atoms. The predicted octanol–water partition coefficient (Wildman–Crippen LogP) is -0.838. The first-order valence-corrected chi connectivity index (χ1v) is 29.1. The largest absolute Gasteiger partial charge is 0.461 e. The van der Waals surface area contributed by atoms with Crippen molar-refractivity contribution >= 4 is 53.3 Å². The van der Waals surface area contributed by atoms with E-state index in [1.165, 1.54) is 11.8 Å². The number of hydrogen-bond acceptors (Lipinski definition) is 20. The Hall–Kier alpha value is -6.69. The maximum Gasteiger partial charge on any atom is 0.306 e. The molecule has 476 valence electrons. The van der Waals surface area contributed by atoms with Gasteiger partial charge in [0.2, 0.25) is 41.4 Å². The standard InChI is InChI=1S/C58H90N8O19/c1-3-4-5-6-7-14-23-64-57(78)45(36-48(69)61-26-33-81-34-35-82-58-56(77)55(76)54(75)42(2)85-58)65-51(72)39-66(37-49(70)62-27-31-79-29-24-59-46(67)19-21-52(73)83-40-43-15-10-8-11-16-43)38-50(71)63-28-32-80-30-25-60-47(68)20-22-53(74)84-41-44-17-12-9-13-18-44/h8-13,15-18,42,45,54-56,58,75-77H,3-7,14,19-41H2,1-2H3,(H,59,67)(H,60,68)(H,61,69)(H,62,70)(H,63,71)(H,64,78)(H,65,72)/t42-,45-,54-,55+,56+,58+/m0/s1. The first-order valence-electron chi connectivity index (χ1n) is 29.1. The highest BCUT2D eigenvalue weighted by Crippen LogP contribution is 2.21. The molecular weight excluding hydrogens is 1110 g/mol. The Morgan fingerprint density at radius 1 is 0.494 bits per heavy atom. The van der Waals surface area contributed by atoms with Crippen molar-refractivity contribution in [2.24, 2.45) is 0 Å². The molecule has 3 rings (SSSR count). The van der Waals surface area contributed by atoms with Crippen LogP contribution in [0.5, 0.6) is 0 Å². The molecule has 0 bridgehead atoms. The van der Waals surface area contributed by atoms with Crippen LogP contribution in [0.3, 0.4) is 0 Å². The van der Waals surface area contributed by atoms with Gasteiger partial charge in [-0.1, -0.05) is 99.7 Å². The summed E-state index contributed by atoms with van der Waals surface area (Å²) in [5.74, 6) is -4.92. The van der Waals surface area contributed by atoms with E-state index >= 15 is 0 Å². The first-order chi connectivity index (χ1) is 41.0. The Morgan fingerprint density at radius 2 is 0.941 bits per heavy atom. The summed E-state index contributed by atoms with van der Waals surface area (Å²) in [5.41, 5.74) is 1.65. The lowest BCUT2D eigenvalue weighted by atomic mass is 10.0. The zero-order valence-corrected chi connectivity index (χ0v) is 49.1. The average molecular weight is 1200 g/mol. The van der Waals surface area contributed by atoms with E-state index in [1.807, 2.05) is 60.7 Å². The van der Waals surface area contributed by atoms with Gasteiger partial charge in [-0.3, -0.25) is 48.1 Å². The van der Waals surface area contributed by atoms with E-state index in [1.54, 1.807) is 0 Å². The summed E-state index contributed by atoms with van der Waals surface area (Å²) in [6.07, 6.45) is -1.27. The van der Waals surface area contributed by atoms with Gasteiger partial charge in [0.1, 0.15) is 37.6 Å². The molecule has 0 unspecified atom stereocenters. The van der Waals surface area contributed by atoms with Crippen LogP contribution in [0.15, 0.2) is 60.7 Å². The van der Waals surface area contributed by atoms with Gasteiger partial charge in [0, 0.05) is 52.1 Å². The molecular formula is C58H90N8O19. The maximum absolute atomic E-state index is 13.7. The molecule has 27 nitrogen and oxygen atoms in total. The van der Waals surface area contributed by atoms with Crippen molar-refractivity contribution in [1.82, 2.24) is 42.1 Å². The van der Waals surface area contributed by atoms with Crippen LogP contribution in [0.25, 0.3) is 0 Å². The topological polar surface area (TPSA) is 366 Å². The van der Waals surface area contributed by atoms with Crippen LogP contribution in [-0.4, -0.2) is 215 Å². The molecule has 0 spiro atoms. The molecule has 0 aromatic heterocycles. The van der Waals surface area contributed by atoms with Crippen molar-refractivity contribution in [3.8, 4) is 0 Å². The van der Waals surface area contributed by atoms with Crippen LogP contribution in [0, 0.1) is 0 Å². The monoisotopic (exact) mass is 1200 g/mol. The van der Waals surface area contributed by atoms with Gasteiger partial charge in [0.25, 0.3) is 0 Å². The second kappa shape index (κ2) is 44.7. The van der Waals surface area contributed by atoms with Gasteiger partial charge in [-0.2, -0.15) is 0 Å². The summed E-state index contributed by atoms with van der Waals surface area (Å²) in [7, 11) is 0. The number of carbonyl (C=O) groups is 9. The van der Waals surface area contributed by atoms with Gasteiger partial charge >= 0.3 is 11.9 Å². The molecule has 7 amide bonds. The fourth-order valence-electron chi connectivity index (χ4n) is 8.06. The number of nitrogens with zero attached hydrogens (tertiary/aromatic N) is 1. The third-order valence-electron chi connectivity index (χ3n) is 12.7. The summed E-state index contributed by atoms with van der Waals surface area (Å²) in [4.78, 5) is 117. The summed E-state index contributed by atoms with van der Waals surface area (Å²) in [6, 6.07) is 16.9. The lowest BCUT2D eigenvalue weighted by Gasteiger charge is -2.38. The minimum absolute atomic E-state index is 0.00966. The Kier molecular flexibility index (Phi) is 38.2. The summed E-state index contributed by atoms with van der Waals surface area (Å²) in [5, 5.41) is 48.7. The van der Waals surface area contributed by atoms with E-state index in [-0.39, 0.29) is 130 Å². The number of amides is 7. The third-order valence-corrected chi connectivity index (χ3v) is 12.7. The second-order valence-corrected chi connectivity index (χ2v) is 20.0. The fraction of sp³-hybridized carbons (Fsp3) is 0.638. The van der Waals surface area contributed by atoms with Crippen LogP contribution in [0.1, 0.15) is 95.6 Å². The SMILES string of the molecule is CCCCCCCCNC(=O)[C@H](CC(=O)NCCOCCO[C@@H]1O[C@@H](C)[C@H](O)[C@@H](O)[C@H]1O)NC(=O)CN(CC(=O)NCCOCCNC(=O)CCC(=O)OCc1ccccc1)CC(=O)NCCOCCNC(=O)CCC(=O)OCc1ccccc1. The Balaban J connectivity index is 1.49. The van der Waals surface area contributed by atoms with Gasteiger partial charge in [0.05, 0.1) is 91.2 Å². The predicted molar refractivity (Wildman–Crippen MR) is 306 cm³/mol. The molecule has 1 heterocycles. The smallest absolute Gasteiger partial charge is 0.306 e. The normalized spacial score (nSPS) is 16.8. The lowest BCUT2D eigenvalue weighted by Crippen LogP contribution is -2.57. The molecule has 1 saturated heterocycles. The number of carbonyl (C=O) groups excluding carboxylic acids is 9. The van der Waals surface area contributed by atoms with Crippen molar-refractivity contribution in [2.75, 3.05) is 105 Å². The number of aliphatic hydroxyl groups is 3. The number of benzene rings is 2. The minimum atomic E-state index is -1.48. The second-order valence-electron chi connectivity index (χ2n) is 20.0. The molecule has 27 heteroatoms. The zero-order valence-electron chi connectivity index (χ0n) is 49.1. The van der Waals surface area contributed by atoms with Crippen molar-refractivity contribution < 1.29 is 91.6 Å². The highest BCUT2D eigenvalue weighted by Gasteiger charge is 2.42. The highest BCUT2D eigenvalue weighted by molar-refractivity contribution is 5.93. The van der Waals surface area contributed by atoms with Crippen LogP contribution >= 0.6 is 0 Å². The molecule has 1 aliphatic heterocycles. The molecule has 2 aromatic carbocycles. The van der Waals surface area contributed by atoms with E-state index in [9.17, 15) is 58.5 Å². The Labute approximate surface area is 497 Å². The Bertz CT molecular complexity index is 2170. The Morgan fingerprint density at radius 3 is 1.45 bits per heavy atom. The van der Waals surface area contributed by atoms with E-state index < -0.39 is 104 Å². The van der Waals surface area contributed by atoms with Gasteiger partial charge < -0.3 is 85.7 Å². The number of aliphatic hydroxyl groups excluding tert-OH is 3. The lowest BCUT2D eigenvalue weighted by molar-refractivity contribution is -0.294. The third kappa shape index (κ3) is 34.8. The molecule has 0 radical (unpaired) electrons. The molecule has 0 saturated carbocycles. The van der Waals surface area contributed by atoms with Crippen molar-refractivity contribution in [1.29, 1.82) is 0 Å². The number of nitrogens with one attached hydrogen (secondary N) is 7. The number of unbranched alkanes of at least 4 members (excludes halogenated alkanes) is 5. The minimum Gasteiger partial charge on any atom is -0.461 e. The summed E-state index contributed by atoms with van der Waals surface area (Å²) < 4.78 is 37.8. The van der Waals surface area contributed by atoms with E-state index in [2.05, 4.69) is 44.1 Å². The van der Waals surface area contributed by atoms with Gasteiger partial charge in [0.15, 0.2) is 6.29 Å². The molecule has 10 N–H and O–H groups in total. The van der Waals surface area contributed by atoms with E-state index in [0.717, 1.165) is 43.2 Å². The quantitative estimate of drug-likeness (QED) is 0.0285. The fourth-order valence-corrected chi connectivity index (χ4v) is 8.06. The number of hydrogen-bond donors (Lipinski definition) is 10. The zero-order chi connectivity index (χ0) is 61.9. The van der Waals surface area contributed by atoms with Crippen LogP contribution < -0.4 is 37.2 Å². The summed E-state index contributed by atoms with van der Waals surface area (Å²) >= 11 is 0. The number of ether oxygens (including phenoxy) is 7. The van der Waals surface area contributed by atoms with Crippen molar-refractivity contribution in [3.05, 3.63) is 71.8 Å². The number of rotatable bonds is 46. The van der Waals surface area contributed by atoms with Crippen molar-refractivity contribution in [3.63, 3.8) is 0 Å². The highest BCUT2D eigenvalue weighted by atomic mass is 16.7. The van der Waals surface area contributed by atoms with Crippen LogP contribution in [0.4, 0.5) is 0 Å². The number of esters is 2. The molecule has 1 aliphatic rings. The molecule has 0 aliphatic carbocycles. The molecule has 2 aromatic rings. The van der Waals surface area contributed by atoms with E-state index in [4.69, 9.17) is 33.2 Å². The van der Waals surface area contributed by atoms with Crippen LogP contribution in [-0.2, 0) is 89.5 Å². The van der Waals surface area contributed by atoms with Crippen molar-refractivity contribution in [2.45, 2.75) is 134 Å². The summed E-state index contributed by atoms with van der Waals surface area (Å²) in [6.45, 7) is 3.25. The van der Waals surface area contributed by atoms with Gasteiger partial charge in [-0.05, 0) is 24.5 Å². The molecule has 6 atom stereocenters. The first kappa shape index (κ1) is 72.6. The molecule has 1 fully saturated rings.